The predicted molar refractivity (Wildman–Crippen MR) is 81.8 cm³/mol. The lowest BCUT2D eigenvalue weighted by atomic mass is 9.65. The van der Waals surface area contributed by atoms with E-state index in [1.54, 1.807) is 0 Å². The zero-order valence-electron chi connectivity index (χ0n) is 12.9. The van der Waals surface area contributed by atoms with Crippen LogP contribution in [0.25, 0.3) is 0 Å². The highest BCUT2D eigenvalue weighted by Gasteiger charge is 2.50. The number of aromatic hydroxyl groups is 1. The number of rotatable bonds is 3. The summed E-state index contributed by atoms with van der Waals surface area (Å²) in [5.41, 5.74) is 1.25. The van der Waals surface area contributed by atoms with Gasteiger partial charge in [0.2, 0.25) is 0 Å². The molecule has 1 aromatic rings. The average Bonchev–Trinajstić information content (AvgIpc) is 2.80. The standard InChI is InChI=1S/C17H25NO3/c1-3-21-15-5-4-12(10-14(15)20)17-7-6-13(19)11-16(17)18(2)9-8-17/h4-5,10,13,16,19-20H,3,6-9,11H2,1-2H3/t13?,16?,17-/m0/s1. The minimum atomic E-state index is -0.194. The molecule has 21 heavy (non-hydrogen) atoms. The van der Waals surface area contributed by atoms with Gasteiger partial charge in [-0.1, -0.05) is 6.07 Å². The summed E-state index contributed by atoms with van der Waals surface area (Å²) in [4.78, 5) is 2.36. The number of aliphatic hydroxyl groups excluding tert-OH is 1. The lowest BCUT2D eigenvalue weighted by Crippen LogP contribution is -2.47. The van der Waals surface area contributed by atoms with Crippen molar-refractivity contribution < 1.29 is 14.9 Å². The first-order chi connectivity index (χ1) is 10.1. The Labute approximate surface area is 126 Å². The zero-order valence-corrected chi connectivity index (χ0v) is 12.9. The van der Waals surface area contributed by atoms with Gasteiger partial charge in [-0.15, -0.1) is 0 Å². The third-order valence-electron chi connectivity index (χ3n) is 5.33. The monoisotopic (exact) mass is 291 g/mol. The molecule has 1 aliphatic carbocycles. The van der Waals surface area contributed by atoms with Crippen molar-refractivity contribution in [2.75, 3.05) is 20.2 Å². The van der Waals surface area contributed by atoms with Gasteiger partial charge in [-0.2, -0.15) is 0 Å². The zero-order chi connectivity index (χ0) is 15.0. The van der Waals surface area contributed by atoms with Crippen molar-refractivity contribution in [2.24, 2.45) is 0 Å². The number of hydrogen-bond acceptors (Lipinski definition) is 4. The SMILES string of the molecule is CCOc1ccc([C@@]23CCC(O)CC2N(C)CC3)cc1O. The smallest absolute Gasteiger partial charge is 0.160 e. The van der Waals surface area contributed by atoms with Gasteiger partial charge in [-0.25, -0.2) is 0 Å². The number of benzene rings is 1. The molecule has 1 aromatic carbocycles. The number of phenols is 1. The number of hydrogen-bond donors (Lipinski definition) is 2. The number of aliphatic hydroxyl groups is 1. The van der Waals surface area contributed by atoms with Crippen LogP contribution >= 0.6 is 0 Å². The van der Waals surface area contributed by atoms with Gasteiger partial charge < -0.3 is 19.8 Å². The molecule has 2 aliphatic rings. The molecule has 0 aromatic heterocycles. The summed E-state index contributed by atoms with van der Waals surface area (Å²) >= 11 is 0. The maximum Gasteiger partial charge on any atom is 0.160 e. The Morgan fingerprint density at radius 2 is 2.19 bits per heavy atom. The average molecular weight is 291 g/mol. The van der Waals surface area contributed by atoms with Gasteiger partial charge in [0.05, 0.1) is 12.7 Å². The van der Waals surface area contributed by atoms with E-state index in [9.17, 15) is 10.2 Å². The summed E-state index contributed by atoms with van der Waals surface area (Å²) in [6.45, 7) is 3.51. The molecule has 1 saturated heterocycles. The number of fused-ring (bicyclic) bond motifs is 1. The van der Waals surface area contributed by atoms with Crippen molar-refractivity contribution in [1.29, 1.82) is 0 Å². The first kappa shape index (κ1) is 14.7. The van der Waals surface area contributed by atoms with Gasteiger partial charge in [0.1, 0.15) is 0 Å². The minimum absolute atomic E-state index is 0.0657. The molecule has 0 radical (unpaired) electrons. The lowest BCUT2D eigenvalue weighted by Gasteiger charge is -2.43. The van der Waals surface area contributed by atoms with E-state index in [0.29, 0.717) is 18.4 Å². The number of likely N-dealkylation sites (tertiary alicyclic amines) is 1. The van der Waals surface area contributed by atoms with Crippen molar-refractivity contribution in [3.05, 3.63) is 23.8 Å². The Balaban J connectivity index is 1.95. The first-order valence-electron chi connectivity index (χ1n) is 7.91. The van der Waals surface area contributed by atoms with Gasteiger partial charge in [0.15, 0.2) is 11.5 Å². The van der Waals surface area contributed by atoms with Crippen molar-refractivity contribution in [3.63, 3.8) is 0 Å². The van der Waals surface area contributed by atoms with Crippen LogP contribution in [0, 0.1) is 0 Å². The highest BCUT2D eigenvalue weighted by Crippen LogP contribution is 2.49. The molecule has 3 rings (SSSR count). The lowest BCUT2D eigenvalue weighted by molar-refractivity contribution is 0.0566. The quantitative estimate of drug-likeness (QED) is 0.897. The number of nitrogens with zero attached hydrogens (tertiary/aromatic N) is 1. The largest absolute Gasteiger partial charge is 0.504 e. The fourth-order valence-corrected chi connectivity index (χ4v) is 4.20. The van der Waals surface area contributed by atoms with E-state index in [-0.39, 0.29) is 17.3 Å². The van der Waals surface area contributed by atoms with Crippen molar-refractivity contribution >= 4 is 0 Å². The third kappa shape index (κ3) is 2.40. The molecule has 2 N–H and O–H groups in total. The van der Waals surface area contributed by atoms with Crippen LogP contribution in [0.2, 0.25) is 0 Å². The summed E-state index contributed by atoms with van der Waals surface area (Å²) in [5, 5.41) is 20.2. The Hall–Kier alpha value is -1.26. The van der Waals surface area contributed by atoms with Crippen molar-refractivity contribution in [1.82, 2.24) is 4.90 Å². The predicted octanol–water partition coefficient (Wildman–Crippen LogP) is 2.28. The van der Waals surface area contributed by atoms with E-state index in [1.165, 1.54) is 5.56 Å². The normalized spacial score (nSPS) is 32.9. The van der Waals surface area contributed by atoms with Gasteiger partial charge in [-0.3, -0.25) is 0 Å². The van der Waals surface area contributed by atoms with Crippen LogP contribution < -0.4 is 4.74 Å². The van der Waals surface area contributed by atoms with Gasteiger partial charge in [0, 0.05) is 11.5 Å². The highest BCUT2D eigenvalue weighted by molar-refractivity contribution is 5.45. The van der Waals surface area contributed by atoms with E-state index >= 15 is 0 Å². The van der Waals surface area contributed by atoms with Crippen LogP contribution in [-0.4, -0.2) is 47.5 Å². The molecular weight excluding hydrogens is 266 g/mol. The topological polar surface area (TPSA) is 52.9 Å². The van der Waals surface area contributed by atoms with Crippen LogP contribution in [-0.2, 0) is 5.41 Å². The molecule has 1 saturated carbocycles. The molecule has 4 nitrogen and oxygen atoms in total. The van der Waals surface area contributed by atoms with Crippen LogP contribution in [0.1, 0.15) is 38.2 Å². The fraction of sp³-hybridized carbons (Fsp3) is 0.647. The van der Waals surface area contributed by atoms with E-state index in [2.05, 4.69) is 18.0 Å². The molecule has 0 spiro atoms. The van der Waals surface area contributed by atoms with Crippen LogP contribution in [0.3, 0.4) is 0 Å². The second-order valence-corrected chi connectivity index (χ2v) is 6.45. The van der Waals surface area contributed by atoms with E-state index in [0.717, 1.165) is 32.2 Å². The Morgan fingerprint density at radius 1 is 1.38 bits per heavy atom. The second-order valence-electron chi connectivity index (χ2n) is 6.45. The molecule has 2 unspecified atom stereocenters. The molecule has 2 fully saturated rings. The Kier molecular flexibility index (Phi) is 3.84. The number of ether oxygens (including phenoxy) is 1. The van der Waals surface area contributed by atoms with Gasteiger partial charge in [-0.05, 0) is 63.9 Å². The van der Waals surface area contributed by atoms with E-state index in [1.807, 2.05) is 19.1 Å². The summed E-state index contributed by atoms with van der Waals surface area (Å²) in [6.07, 6.45) is 3.55. The molecule has 3 atom stereocenters. The second kappa shape index (κ2) is 5.50. The van der Waals surface area contributed by atoms with E-state index < -0.39 is 0 Å². The van der Waals surface area contributed by atoms with Crippen molar-refractivity contribution in [2.45, 2.75) is 50.2 Å². The number of phenolic OH excluding ortho intramolecular Hbond substituents is 1. The minimum Gasteiger partial charge on any atom is -0.504 e. The summed E-state index contributed by atoms with van der Waals surface area (Å²) in [5.74, 6) is 0.777. The Bertz CT molecular complexity index is 519. The Morgan fingerprint density at radius 3 is 2.90 bits per heavy atom. The summed E-state index contributed by atoms with van der Waals surface area (Å²) < 4.78 is 5.43. The molecular formula is C17H25NO3. The molecule has 1 heterocycles. The molecule has 0 bridgehead atoms. The highest BCUT2D eigenvalue weighted by atomic mass is 16.5. The molecule has 116 valence electrons. The van der Waals surface area contributed by atoms with E-state index in [4.69, 9.17) is 4.74 Å². The summed E-state index contributed by atoms with van der Waals surface area (Å²) in [6, 6.07) is 6.20. The maximum absolute atomic E-state index is 10.2. The van der Waals surface area contributed by atoms with Gasteiger partial charge in [0.25, 0.3) is 0 Å². The third-order valence-corrected chi connectivity index (χ3v) is 5.33. The van der Waals surface area contributed by atoms with Crippen LogP contribution in [0.4, 0.5) is 0 Å². The van der Waals surface area contributed by atoms with Crippen LogP contribution in [0.5, 0.6) is 11.5 Å². The molecule has 1 aliphatic heterocycles. The number of likely N-dealkylation sites (N-methyl/N-ethyl adjacent to an activating group) is 1. The summed E-state index contributed by atoms with van der Waals surface area (Å²) in [7, 11) is 2.14. The maximum atomic E-state index is 10.2. The van der Waals surface area contributed by atoms with Crippen molar-refractivity contribution in [3.8, 4) is 11.5 Å². The first-order valence-corrected chi connectivity index (χ1v) is 7.91. The van der Waals surface area contributed by atoms with Gasteiger partial charge >= 0.3 is 0 Å². The fourth-order valence-electron chi connectivity index (χ4n) is 4.20. The molecule has 0 amide bonds. The van der Waals surface area contributed by atoms with Crippen LogP contribution in [0.15, 0.2) is 18.2 Å². The molecule has 4 heteroatoms.